The van der Waals surface area contributed by atoms with Crippen LogP contribution in [0.5, 0.6) is 0 Å². The van der Waals surface area contributed by atoms with Crippen molar-refractivity contribution in [1.29, 1.82) is 0 Å². The minimum atomic E-state index is -1.12. The highest BCUT2D eigenvalue weighted by atomic mass is 35.5. The lowest BCUT2D eigenvalue weighted by Crippen LogP contribution is -2.52. The smallest absolute Gasteiger partial charge is 0.335 e. The fourth-order valence-electron chi connectivity index (χ4n) is 2.14. The quantitative estimate of drug-likeness (QED) is 0.915. The Morgan fingerprint density at radius 1 is 1.70 bits per heavy atom. The van der Waals surface area contributed by atoms with E-state index in [1.54, 1.807) is 0 Å². The topological polar surface area (TPSA) is 79.7 Å². The fraction of sp³-hybridized carbons (Fsp3) is 0.583. The third kappa shape index (κ3) is 3.11. The average Bonchev–Trinajstić information content (AvgIpc) is 2.77. The average molecular weight is 319 g/mol. The summed E-state index contributed by atoms with van der Waals surface area (Å²) in [5, 5.41) is 9.78. The molecule has 110 valence electrons. The Bertz CT molecular complexity index is 519. The van der Waals surface area contributed by atoms with E-state index < -0.39 is 18.1 Å². The number of thiazole rings is 1. The Kier molecular flexibility index (Phi) is 4.62. The Balaban J connectivity index is 2.38. The number of hydrogen-bond donors (Lipinski definition) is 1. The predicted octanol–water partition coefficient (Wildman–Crippen LogP) is 1.81. The van der Waals surface area contributed by atoms with Gasteiger partial charge in [-0.05, 0) is 5.92 Å². The summed E-state index contributed by atoms with van der Waals surface area (Å²) in [7, 11) is 0. The summed E-state index contributed by atoms with van der Waals surface area (Å²) in [5.74, 6) is -1.13. The summed E-state index contributed by atoms with van der Waals surface area (Å²) in [6, 6.07) is -0.728. The standard InChI is InChI=1S/C12H15ClN2O4S/c1-6(2)4-15-8(16)5-19-10(12(17)18)9(15)11-14-3-7(13)20-11/h3,6,9-10H,4-5H2,1-2H3,(H,17,18). The summed E-state index contributed by atoms with van der Waals surface area (Å²) < 4.78 is 5.62. The molecule has 8 heteroatoms. The number of carboxylic acids is 1. The molecule has 2 unspecified atom stereocenters. The Hall–Kier alpha value is -1.18. The normalized spacial score (nSPS) is 23.4. The van der Waals surface area contributed by atoms with Gasteiger partial charge in [-0.1, -0.05) is 25.4 Å². The van der Waals surface area contributed by atoms with Crippen LogP contribution >= 0.6 is 22.9 Å². The number of hydrogen-bond acceptors (Lipinski definition) is 5. The zero-order valence-corrected chi connectivity index (χ0v) is 12.6. The van der Waals surface area contributed by atoms with Gasteiger partial charge in [0.05, 0.1) is 6.20 Å². The molecule has 2 rings (SSSR count). The summed E-state index contributed by atoms with van der Waals surface area (Å²) in [6.07, 6.45) is 0.335. The maximum absolute atomic E-state index is 12.0. The van der Waals surface area contributed by atoms with Crippen LogP contribution in [0, 0.1) is 5.92 Å². The first-order valence-corrected chi connectivity index (χ1v) is 7.34. The molecule has 0 saturated carbocycles. The molecule has 1 N–H and O–H groups in total. The molecule has 0 spiro atoms. The van der Waals surface area contributed by atoms with Crippen LogP contribution in [0.15, 0.2) is 6.20 Å². The van der Waals surface area contributed by atoms with E-state index in [1.165, 1.54) is 22.4 Å². The molecule has 1 aromatic heterocycles. The van der Waals surface area contributed by atoms with Gasteiger partial charge in [0, 0.05) is 6.54 Å². The lowest BCUT2D eigenvalue weighted by molar-refractivity contribution is -0.173. The number of morpholine rings is 1. The summed E-state index contributed by atoms with van der Waals surface area (Å²) in [4.78, 5) is 29.0. The number of rotatable bonds is 4. The van der Waals surface area contributed by atoms with Crippen LogP contribution < -0.4 is 0 Å². The molecule has 6 nitrogen and oxygen atoms in total. The number of carbonyl (C=O) groups is 2. The number of nitrogens with zero attached hydrogens (tertiary/aromatic N) is 2. The number of carbonyl (C=O) groups excluding carboxylic acids is 1. The van der Waals surface area contributed by atoms with Crippen LogP contribution in [0.1, 0.15) is 24.9 Å². The SMILES string of the molecule is CC(C)CN1C(=O)COC(C(=O)O)C1c1ncc(Cl)s1. The van der Waals surface area contributed by atoms with Crippen molar-refractivity contribution in [3.8, 4) is 0 Å². The van der Waals surface area contributed by atoms with E-state index in [2.05, 4.69) is 4.98 Å². The van der Waals surface area contributed by atoms with Crippen LogP contribution in [-0.2, 0) is 14.3 Å². The van der Waals surface area contributed by atoms with E-state index in [1.807, 2.05) is 13.8 Å². The highest BCUT2D eigenvalue weighted by Gasteiger charge is 2.43. The van der Waals surface area contributed by atoms with Crippen LogP contribution in [0.4, 0.5) is 0 Å². The number of carboxylic acid groups (broad SMARTS) is 1. The van der Waals surface area contributed by atoms with Crippen molar-refractivity contribution in [1.82, 2.24) is 9.88 Å². The van der Waals surface area contributed by atoms with Crippen molar-refractivity contribution in [3.63, 3.8) is 0 Å². The maximum Gasteiger partial charge on any atom is 0.335 e. The number of halogens is 1. The largest absolute Gasteiger partial charge is 0.479 e. The molecule has 0 bridgehead atoms. The third-order valence-corrected chi connectivity index (χ3v) is 4.07. The van der Waals surface area contributed by atoms with Gasteiger partial charge < -0.3 is 14.7 Å². The molecule has 1 fully saturated rings. The van der Waals surface area contributed by atoms with Crippen LogP contribution in [0.3, 0.4) is 0 Å². The molecular formula is C12H15ClN2O4S. The number of aliphatic carboxylic acids is 1. The van der Waals surface area contributed by atoms with Gasteiger partial charge in [0.25, 0.3) is 0 Å². The molecular weight excluding hydrogens is 304 g/mol. The monoisotopic (exact) mass is 318 g/mol. The minimum Gasteiger partial charge on any atom is -0.479 e. The Morgan fingerprint density at radius 2 is 2.40 bits per heavy atom. The highest BCUT2D eigenvalue weighted by Crippen LogP contribution is 2.34. The Morgan fingerprint density at radius 3 is 2.90 bits per heavy atom. The molecule has 0 radical (unpaired) electrons. The number of amides is 1. The highest BCUT2D eigenvalue weighted by molar-refractivity contribution is 7.15. The molecule has 1 aromatic rings. The van der Waals surface area contributed by atoms with Crippen molar-refractivity contribution < 1.29 is 19.4 Å². The van der Waals surface area contributed by atoms with E-state index in [4.69, 9.17) is 16.3 Å². The first-order chi connectivity index (χ1) is 9.40. The zero-order chi connectivity index (χ0) is 14.9. The molecule has 0 aliphatic carbocycles. The Labute approximate surface area is 125 Å². The van der Waals surface area contributed by atoms with Gasteiger partial charge in [-0.2, -0.15) is 0 Å². The van der Waals surface area contributed by atoms with Gasteiger partial charge >= 0.3 is 5.97 Å². The zero-order valence-electron chi connectivity index (χ0n) is 11.1. The van der Waals surface area contributed by atoms with Crippen LogP contribution in [-0.4, -0.2) is 46.1 Å². The van der Waals surface area contributed by atoms with Crippen molar-refractivity contribution in [2.75, 3.05) is 13.2 Å². The predicted molar refractivity (Wildman–Crippen MR) is 73.8 cm³/mol. The summed E-state index contributed by atoms with van der Waals surface area (Å²) in [6.45, 7) is 4.15. The van der Waals surface area contributed by atoms with Crippen LogP contribution in [0.2, 0.25) is 4.34 Å². The first kappa shape index (κ1) is 15.2. The van der Waals surface area contributed by atoms with Gasteiger partial charge in [0.2, 0.25) is 5.91 Å². The fourth-order valence-corrected chi connectivity index (χ4v) is 3.20. The van der Waals surface area contributed by atoms with Gasteiger partial charge in [-0.25, -0.2) is 9.78 Å². The first-order valence-electron chi connectivity index (χ1n) is 6.15. The van der Waals surface area contributed by atoms with Gasteiger partial charge in [0.15, 0.2) is 6.10 Å². The molecule has 2 atom stereocenters. The molecule has 0 aromatic carbocycles. The second-order valence-electron chi connectivity index (χ2n) is 4.96. The molecule has 1 aliphatic rings. The van der Waals surface area contributed by atoms with Gasteiger partial charge in [-0.3, -0.25) is 4.79 Å². The van der Waals surface area contributed by atoms with E-state index in [9.17, 15) is 14.7 Å². The summed E-state index contributed by atoms with van der Waals surface area (Å²) in [5.41, 5.74) is 0. The summed E-state index contributed by atoms with van der Waals surface area (Å²) >= 11 is 7.03. The van der Waals surface area contributed by atoms with E-state index in [-0.39, 0.29) is 18.4 Å². The number of ether oxygens (including phenoxy) is 1. The second kappa shape index (κ2) is 6.07. The van der Waals surface area contributed by atoms with E-state index in [0.29, 0.717) is 15.9 Å². The van der Waals surface area contributed by atoms with Gasteiger partial charge in [-0.15, -0.1) is 11.3 Å². The molecule has 2 heterocycles. The van der Waals surface area contributed by atoms with E-state index in [0.717, 1.165) is 0 Å². The minimum absolute atomic E-state index is 0.212. The molecule has 1 amide bonds. The molecule has 1 saturated heterocycles. The van der Waals surface area contributed by atoms with Gasteiger partial charge in [0.1, 0.15) is 22.0 Å². The van der Waals surface area contributed by atoms with E-state index >= 15 is 0 Å². The lowest BCUT2D eigenvalue weighted by Gasteiger charge is -2.38. The van der Waals surface area contributed by atoms with Crippen molar-refractivity contribution >= 4 is 34.8 Å². The van der Waals surface area contributed by atoms with Crippen molar-refractivity contribution in [3.05, 3.63) is 15.5 Å². The molecule has 1 aliphatic heterocycles. The van der Waals surface area contributed by atoms with Crippen molar-refractivity contribution in [2.45, 2.75) is 26.0 Å². The lowest BCUT2D eigenvalue weighted by atomic mass is 10.1. The second-order valence-corrected chi connectivity index (χ2v) is 6.65. The third-order valence-electron chi connectivity index (χ3n) is 2.88. The number of aromatic nitrogens is 1. The van der Waals surface area contributed by atoms with Crippen molar-refractivity contribution in [2.24, 2.45) is 5.92 Å². The molecule has 20 heavy (non-hydrogen) atoms. The van der Waals surface area contributed by atoms with Crippen LogP contribution in [0.25, 0.3) is 0 Å². The maximum atomic E-state index is 12.0.